The first kappa shape index (κ1) is 24.4. The average molecular weight is 503 g/mol. The molecule has 0 radical (unpaired) electrons. The maximum Gasteiger partial charge on any atom is 0.191 e. The Morgan fingerprint density at radius 2 is 2.14 bits per heavy atom. The van der Waals surface area contributed by atoms with Crippen LogP contribution in [0.5, 0.6) is 0 Å². The number of ether oxygens (including phenoxy) is 1. The van der Waals surface area contributed by atoms with Crippen LogP contribution in [0.4, 0.5) is 4.39 Å². The molecule has 6 nitrogen and oxygen atoms in total. The molecule has 156 valence electrons. The van der Waals surface area contributed by atoms with Crippen molar-refractivity contribution in [3.8, 4) is 5.69 Å². The van der Waals surface area contributed by atoms with E-state index in [0.717, 1.165) is 44.2 Å². The molecule has 0 saturated heterocycles. The highest BCUT2D eigenvalue weighted by Gasteiger charge is 2.05. The molecule has 0 fully saturated rings. The van der Waals surface area contributed by atoms with E-state index in [1.165, 1.54) is 6.07 Å². The van der Waals surface area contributed by atoms with Gasteiger partial charge in [-0.25, -0.2) is 14.4 Å². The number of nitrogens with one attached hydrogen (secondary N) is 2. The van der Waals surface area contributed by atoms with E-state index in [4.69, 9.17) is 4.74 Å². The summed E-state index contributed by atoms with van der Waals surface area (Å²) in [7, 11) is 0. The van der Waals surface area contributed by atoms with E-state index in [1.54, 1.807) is 29.4 Å². The lowest BCUT2D eigenvalue weighted by Crippen LogP contribution is -2.38. The van der Waals surface area contributed by atoms with Crippen molar-refractivity contribution in [3.05, 3.63) is 48.3 Å². The summed E-state index contributed by atoms with van der Waals surface area (Å²) in [4.78, 5) is 8.48. The summed E-state index contributed by atoms with van der Waals surface area (Å²) in [6.45, 7) is 9.75. The standard InChI is InChI=1S/C20H30FN5O.HI/c1-4-23-20(24-8-5-11-27-14-16(2)3)25-13-17-6-7-19(18(21)12-17)26-10-9-22-15-26;/h6-7,9-10,12,15-16H,4-5,8,11,13-14H2,1-3H3,(H2,23,24,25);1H. The van der Waals surface area contributed by atoms with Gasteiger partial charge >= 0.3 is 0 Å². The zero-order valence-corrected chi connectivity index (χ0v) is 19.2. The third-order valence-electron chi connectivity index (χ3n) is 3.77. The first-order chi connectivity index (χ1) is 13.1. The lowest BCUT2D eigenvalue weighted by atomic mass is 10.2. The molecule has 0 unspecified atom stereocenters. The number of benzene rings is 1. The zero-order valence-electron chi connectivity index (χ0n) is 16.8. The number of imidazole rings is 1. The van der Waals surface area contributed by atoms with Crippen LogP contribution in [0.2, 0.25) is 0 Å². The van der Waals surface area contributed by atoms with Gasteiger partial charge in [0.1, 0.15) is 5.82 Å². The molecule has 2 rings (SSSR count). The van der Waals surface area contributed by atoms with E-state index in [9.17, 15) is 4.39 Å². The number of aromatic nitrogens is 2. The summed E-state index contributed by atoms with van der Waals surface area (Å²) < 4.78 is 21.5. The van der Waals surface area contributed by atoms with E-state index in [1.807, 2.05) is 13.0 Å². The smallest absolute Gasteiger partial charge is 0.191 e. The SMILES string of the molecule is CCNC(=NCc1ccc(-n2ccnc2)c(F)c1)NCCCOCC(C)C.I. The van der Waals surface area contributed by atoms with E-state index in [0.29, 0.717) is 18.2 Å². The zero-order chi connectivity index (χ0) is 19.5. The molecule has 1 aromatic carbocycles. The van der Waals surface area contributed by atoms with Crippen LogP contribution in [0.3, 0.4) is 0 Å². The van der Waals surface area contributed by atoms with Crippen molar-refractivity contribution in [2.45, 2.75) is 33.7 Å². The fourth-order valence-corrected chi connectivity index (χ4v) is 2.47. The predicted octanol–water partition coefficient (Wildman–Crippen LogP) is 3.75. The largest absolute Gasteiger partial charge is 0.381 e. The maximum atomic E-state index is 14.3. The summed E-state index contributed by atoms with van der Waals surface area (Å²) in [5.74, 6) is 0.985. The van der Waals surface area contributed by atoms with Gasteiger partial charge in [-0.3, -0.25) is 0 Å². The van der Waals surface area contributed by atoms with Crippen LogP contribution in [0, 0.1) is 11.7 Å². The lowest BCUT2D eigenvalue weighted by molar-refractivity contribution is 0.108. The van der Waals surface area contributed by atoms with Crippen LogP contribution in [-0.2, 0) is 11.3 Å². The Labute approximate surface area is 184 Å². The van der Waals surface area contributed by atoms with Gasteiger partial charge in [0.15, 0.2) is 5.96 Å². The average Bonchev–Trinajstić information content (AvgIpc) is 3.16. The first-order valence-corrected chi connectivity index (χ1v) is 9.46. The van der Waals surface area contributed by atoms with Crippen molar-refractivity contribution >= 4 is 29.9 Å². The summed E-state index contributed by atoms with van der Waals surface area (Å²) in [6.07, 6.45) is 5.83. The lowest BCUT2D eigenvalue weighted by Gasteiger charge is -2.12. The monoisotopic (exact) mass is 503 g/mol. The molecule has 8 heteroatoms. The van der Waals surface area contributed by atoms with Gasteiger partial charge in [-0.2, -0.15) is 0 Å². The van der Waals surface area contributed by atoms with Crippen molar-refractivity contribution in [2.75, 3.05) is 26.3 Å². The summed E-state index contributed by atoms with van der Waals surface area (Å²) >= 11 is 0. The topological polar surface area (TPSA) is 63.5 Å². The van der Waals surface area contributed by atoms with Crippen LogP contribution in [0.1, 0.15) is 32.8 Å². The fraction of sp³-hybridized carbons (Fsp3) is 0.500. The number of guanidine groups is 1. The van der Waals surface area contributed by atoms with Crippen LogP contribution in [0.25, 0.3) is 5.69 Å². The van der Waals surface area contributed by atoms with Crippen LogP contribution in [-0.4, -0.2) is 41.8 Å². The molecule has 2 aromatic rings. The van der Waals surface area contributed by atoms with E-state index in [2.05, 4.69) is 34.5 Å². The number of nitrogens with zero attached hydrogens (tertiary/aromatic N) is 3. The Hall–Kier alpha value is -1.68. The molecule has 0 bridgehead atoms. The highest BCUT2D eigenvalue weighted by molar-refractivity contribution is 14.0. The van der Waals surface area contributed by atoms with E-state index in [-0.39, 0.29) is 29.8 Å². The van der Waals surface area contributed by atoms with Crippen LogP contribution >= 0.6 is 24.0 Å². The van der Waals surface area contributed by atoms with Crippen molar-refractivity contribution in [2.24, 2.45) is 10.9 Å². The highest BCUT2D eigenvalue weighted by atomic mass is 127. The molecule has 0 spiro atoms. The highest BCUT2D eigenvalue weighted by Crippen LogP contribution is 2.15. The Bertz CT molecular complexity index is 707. The second-order valence-electron chi connectivity index (χ2n) is 6.70. The van der Waals surface area contributed by atoms with Crippen molar-refractivity contribution < 1.29 is 9.13 Å². The van der Waals surface area contributed by atoms with Gasteiger partial charge in [-0.15, -0.1) is 24.0 Å². The number of rotatable bonds is 10. The van der Waals surface area contributed by atoms with Gasteiger partial charge in [-0.1, -0.05) is 19.9 Å². The molecule has 0 aliphatic rings. The van der Waals surface area contributed by atoms with Crippen molar-refractivity contribution in [1.82, 2.24) is 20.2 Å². The van der Waals surface area contributed by atoms with Gasteiger partial charge in [0.2, 0.25) is 0 Å². The summed E-state index contributed by atoms with van der Waals surface area (Å²) in [5, 5.41) is 6.48. The maximum absolute atomic E-state index is 14.3. The number of aliphatic imine (C=N–C) groups is 1. The second kappa shape index (κ2) is 13.5. The molecule has 1 heterocycles. The Balaban J connectivity index is 0.00000392. The predicted molar refractivity (Wildman–Crippen MR) is 122 cm³/mol. The number of hydrogen-bond acceptors (Lipinski definition) is 3. The Morgan fingerprint density at radius 3 is 2.79 bits per heavy atom. The van der Waals surface area contributed by atoms with Crippen LogP contribution in [0.15, 0.2) is 41.9 Å². The van der Waals surface area contributed by atoms with Gasteiger partial charge in [0.05, 0.1) is 18.6 Å². The molecule has 0 amide bonds. The molecular formula is C20H31FIN5O. The minimum Gasteiger partial charge on any atom is -0.381 e. The molecule has 0 atom stereocenters. The Morgan fingerprint density at radius 1 is 1.32 bits per heavy atom. The van der Waals surface area contributed by atoms with Gasteiger partial charge in [0.25, 0.3) is 0 Å². The summed E-state index contributed by atoms with van der Waals surface area (Å²) in [6, 6.07) is 5.14. The first-order valence-electron chi connectivity index (χ1n) is 9.46. The normalized spacial score (nSPS) is 11.4. The third-order valence-corrected chi connectivity index (χ3v) is 3.77. The third kappa shape index (κ3) is 8.55. The Kier molecular flexibility index (Phi) is 11.7. The molecule has 28 heavy (non-hydrogen) atoms. The van der Waals surface area contributed by atoms with Gasteiger partial charge < -0.3 is 19.9 Å². The minimum absolute atomic E-state index is 0. The minimum atomic E-state index is -0.291. The number of hydrogen-bond donors (Lipinski definition) is 2. The molecule has 2 N–H and O–H groups in total. The molecule has 1 aromatic heterocycles. The van der Waals surface area contributed by atoms with Crippen molar-refractivity contribution in [1.29, 1.82) is 0 Å². The van der Waals surface area contributed by atoms with Crippen LogP contribution < -0.4 is 10.6 Å². The van der Waals surface area contributed by atoms with Crippen molar-refractivity contribution in [3.63, 3.8) is 0 Å². The second-order valence-corrected chi connectivity index (χ2v) is 6.70. The molecule has 0 saturated carbocycles. The summed E-state index contributed by atoms with van der Waals surface area (Å²) in [5.41, 5.74) is 1.29. The van der Waals surface area contributed by atoms with E-state index < -0.39 is 0 Å². The quantitative estimate of drug-likeness (QED) is 0.225. The number of halogens is 2. The fourth-order valence-electron chi connectivity index (χ4n) is 2.47. The molecule has 0 aliphatic heterocycles. The molecule has 0 aliphatic carbocycles. The molecular weight excluding hydrogens is 472 g/mol. The van der Waals surface area contributed by atoms with Gasteiger partial charge in [-0.05, 0) is 37.0 Å². The van der Waals surface area contributed by atoms with E-state index >= 15 is 0 Å². The van der Waals surface area contributed by atoms with Gasteiger partial charge in [0, 0.05) is 38.7 Å².